The van der Waals surface area contributed by atoms with Crippen molar-refractivity contribution in [1.82, 2.24) is 0 Å². The molecule has 1 rings (SSSR count). The van der Waals surface area contributed by atoms with Crippen LogP contribution in [0.1, 0.15) is 40.5 Å². The fraction of sp³-hybridized carbons (Fsp3) is 0.733. The largest absolute Gasteiger partial charge is 0.411 e. The van der Waals surface area contributed by atoms with Crippen molar-refractivity contribution in [3.63, 3.8) is 0 Å². The summed E-state index contributed by atoms with van der Waals surface area (Å²) in [5.74, 6) is 0.711. The summed E-state index contributed by atoms with van der Waals surface area (Å²) in [7, 11) is -1.64. The minimum Gasteiger partial charge on any atom is -0.411 e. The van der Waals surface area contributed by atoms with Crippen molar-refractivity contribution in [1.29, 1.82) is 0 Å². The van der Waals surface area contributed by atoms with E-state index in [0.29, 0.717) is 12.0 Å². The minimum absolute atomic E-state index is 0.288. The van der Waals surface area contributed by atoms with Crippen molar-refractivity contribution >= 4 is 8.32 Å². The van der Waals surface area contributed by atoms with Gasteiger partial charge < -0.3 is 4.43 Å². The van der Waals surface area contributed by atoms with Crippen LogP contribution in [-0.2, 0) is 4.43 Å². The normalized spacial score (nSPS) is 26.6. The quantitative estimate of drug-likeness (QED) is 0.648. The third-order valence-corrected chi connectivity index (χ3v) is 8.64. The lowest BCUT2D eigenvalue weighted by molar-refractivity contribution is 0.186. The molecule has 1 aliphatic carbocycles. The van der Waals surface area contributed by atoms with Gasteiger partial charge in [0.2, 0.25) is 0 Å². The maximum absolute atomic E-state index is 6.46. The predicted molar refractivity (Wildman–Crippen MR) is 78.7 cm³/mol. The Morgan fingerprint density at radius 3 is 2.47 bits per heavy atom. The van der Waals surface area contributed by atoms with E-state index in [-0.39, 0.29) is 5.04 Å². The Bertz CT molecular complexity index is 309. The lowest BCUT2D eigenvalue weighted by atomic mass is 9.89. The number of rotatable bonds is 3. The predicted octanol–water partition coefficient (Wildman–Crippen LogP) is 4.92. The molecule has 1 nitrogen and oxygen atoms in total. The highest BCUT2D eigenvalue weighted by molar-refractivity contribution is 6.74. The molecule has 0 heterocycles. The van der Waals surface area contributed by atoms with Gasteiger partial charge in [0, 0.05) is 0 Å². The molecule has 0 aromatic rings. The summed E-state index contributed by atoms with van der Waals surface area (Å²) in [5.41, 5.74) is 1.35. The standard InChI is InChI=1S/C15H28OSi/c1-8-13-9-12(2)10-14(11-13)16-17(6,7)15(3,4)5/h8,11-12,14H,1,9-10H2,2-7H3/t12-,14-/m0/s1. The average molecular weight is 252 g/mol. The fourth-order valence-corrected chi connectivity index (χ4v) is 3.32. The first-order chi connectivity index (χ1) is 7.65. The molecular weight excluding hydrogens is 224 g/mol. The van der Waals surface area contributed by atoms with Gasteiger partial charge in [-0.15, -0.1) is 0 Å². The molecule has 0 saturated carbocycles. The third kappa shape index (κ3) is 3.82. The van der Waals surface area contributed by atoms with Crippen LogP contribution in [0.25, 0.3) is 0 Å². The summed E-state index contributed by atoms with van der Waals surface area (Å²) in [4.78, 5) is 0. The highest BCUT2D eigenvalue weighted by Crippen LogP contribution is 2.39. The average Bonchev–Trinajstić information content (AvgIpc) is 2.14. The van der Waals surface area contributed by atoms with Gasteiger partial charge in [0.05, 0.1) is 6.10 Å². The van der Waals surface area contributed by atoms with E-state index in [4.69, 9.17) is 4.43 Å². The molecule has 98 valence electrons. The number of hydrogen-bond donors (Lipinski definition) is 0. The van der Waals surface area contributed by atoms with Crippen LogP contribution in [0.4, 0.5) is 0 Å². The fourth-order valence-electron chi connectivity index (χ4n) is 2.05. The van der Waals surface area contributed by atoms with Gasteiger partial charge in [-0.25, -0.2) is 0 Å². The lowest BCUT2D eigenvalue weighted by Crippen LogP contribution is -2.44. The Morgan fingerprint density at radius 2 is 2.00 bits per heavy atom. The molecular formula is C15H28OSi. The molecule has 0 amide bonds. The van der Waals surface area contributed by atoms with E-state index in [1.165, 1.54) is 5.57 Å². The molecule has 0 aromatic carbocycles. The van der Waals surface area contributed by atoms with E-state index in [0.717, 1.165) is 12.8 Å². The van der Waals surface area contributed by atoms with Crippen LogP contribution in [-0.4, -0.2) is 14.4 Å². The molecule has 0 bridgehead atoms. The Hall–Kier alpha value is -0.343. The summed E-state index contributed by atoms with van der Waals surface area (Å²) < 4.78 is 6.46. The van der Waals surface area contributed by atoms with Crippen molar-refractivity contribution in [2.24, 2.45) is 5.92 Å². The lowest BCUT2D eigenvalue weighted by Gasteiger charge is -2.40. The molecule has 0 fully saturated rings. The van der Waals surface area contributed by atoms with Gasteiger partial charge in [0.1, 0.15) is 0 Å². The Morgan fingerprint density at radius 1 is 1.41 bits per heavy atom. The maximum Gasteiger partial charge on any atom is 0.192 e. The number of hydrogen-bond acceptors (Lipinski definition) is 1. The molecule has 0 N–H and O–H groups in total. The third-order valence-electron chi connectivity index (χ3n) is 4.13. The molecule has 0 unspecified atom stereocenters. The molecule has 0 aromatic heterocycles. The van der Waals surface area contributed by atoms with Crippen LogP contribution in [0.15, 0.2) is 24.3 Å². The van der Waals surface area contributed by atoms with Crippen molar-refractivity contribution in [3.8, 4) is 0 Å². The Balaban J connectivity index is 2.78. The van der Waals surface area contributed by atoms with Gasteiger partial charge >= 0.3 is 0 Å². The van der Waals surface area contributed by atoms with Crippen molar-refractivity contribution in [3.05, 3.63) is 24.3 Å². The summed E-state index contributed by atoms with van der Waals surface area (Å²) in [6, 6.07) is 0. The maximum atomic E-state index is 6.46. The highest BCUT2D eigenvalue weighted by Gasteiger charge is 2.39. The van der Waals surface area contributed by atoms with Gasteiger partial charge in [-0.2, -0.15) is 0 Å². The molecule has 0 spiro atoms. The van der Waals surface area contributed by atoms with Crippen LogP contribution < -0.4 is 0 Å². The number of allylic oxidation sites excluding steroid dienone is 2. The van der Waals surface area contributed by atoms with Crippen LogP contribution in [0.2, 0.25) is 18.1 Å². The van der Waals surface area contributed by atoms with E-state index in [9.17, 15) is 0 Å². The second-order valence-corrected chi connectivity index (χ2v) is 11.7. The zero-order chi connectivity index (χ0) is 13.3. The van der Waals surface area contributed by atoms with Crippen molar-refractivity contribution < 1.29 is 4.43 Å². The highest BCUT2D eigenvalue weighted by atomic mass is 28.4. The topological polar surface area (TPSA) is 9.23 Å². The van der Waals surface area contributed by atoms with Crippen LogP contribution in [0.3, 0.4) is 0 Å². The van der Waals surface area contributed by atoms with E-state index in [1.807, 2.05) is 6.08 Å². The molecule has 2 atom stereocenters. The minimum atomic E-state index is -1.64. The SMILES string of the molecule is C=CC1=C[C@@H](O[Si](C)(C)C(C)(C)C)C[C@@H](C)C1. The summed E-state index contributed by atoms with van der Waals surface area (Å²) in [6.07, 6.45) is 6.88. The van der Waals surface area contributed by atoms with Gasteiger partial charge in [0.15, 0.2) is 8.32 Å². The van der Waals surface area contributed by atoms with E-state index in [2.05, 4.69) is 53.4 Å². The summed E-state index contributed by atoms with van der Waals surface area (Å²) in [6.45, 7) is 17.7. The Labute approximate surface area is 108 Å². The first kappa shape index (κ1) is 14.7. The molecule has 2 heteroatoms. The molecule has 0 aliphatic heterocycles. The van der Waals surface area contributed by atoms with E-state index in [1.54, 1.807) is 0 Å². The van der Waals surface area contributed by atoms with E-state index >= 15 is 0 Å². The zero-order valence-electron chi connectivity index (χ0n) is 12.3. The molecule has 1 aliphatic rings. The zero-order valence-corrected chi connectivity index (χ0v) is 13.3. The first-order valence-electron chi connectivity index (χ1n) is 6.66. The smallest absolute Gasteiger partial charge is 0.192 e. The summed E-state index contributed by atoms with van der Waals surface area (Å²) in [5, 5.41) is 0.288. The van der Waals surface area contributed by atoms with Gasteiger partial charge in [0.25, 0.3) is 0 Å². The Kier molecular flexibility index (Phi) is 4.42. The van der Waals surface area contributed by atoms with Gasteiger partial charge in [-0.1, -0.05) is 46.4 Å². The summed E-state index contributed by atoms with van der Waals surface area (Å²) >= 11 is 0. The van der Waals surface area contributed by atoms with Crippen molar-refractivity contribution in [2.45, 2.75) is 64.8 Å². The van der Waals surface area contributed by atoms with Crippen molar-refractivity contribution in [2.75, 3.05) is 0 Å². The van der Waals surface area contributed by atoms with Crippen LogP contribution >= 0.6 is 0 Å². The van der Waals surface area contributed by atoms with Crippen LogP contribution in [0, 0.1) is 5.92 Å². The second kappa shape index (κ2) is 5.11. The van der Waals surface area contributed by atoms with Gasteiger partial charge in [-0.3, -0.25) is 0 Å². The van der Waals surface area contributed by atoms with E-state index < -0.39 is 8.32 Å². The van der Waals surface area contributed by atoms with Crippen LogP contribution in [0.5, 0.6) is 0 Å². The first-order valence-corrected chi connectivity index (χ1v) is 9.57. The van der Waals surface area contributed by atoms with Gasteiger partial charge in [-0.05, 0) is 42.5 Å². The molecule has 0 radical (unpaired) electrons. The monoisotopic (exact) mass is 252 g/mol. The second-order valence-electron chi connectivity index (χ2n) is 6.91. The molecule has 0 saturated heterocycles. The molecule has 17 heavy (non-hydrogen) atoms.